The van der Waals surface area contributed by atoms with E-state index in [1.165, 1.54) is 12.1 Å². The molecule has 1 saturated carbocycles. The van der Waals surface area contributed by atoms with Crippen LogP contribution >= 0.6 is 11.6 Å². The molecule has 0 radical (unpaired) electrons. The van der Waals surface area contributed by atoms with E-state index in [2.05, 4.69) is 62.9 Å². The number of aromatic nitrogens is 1. The van der Waals surface area contributed by atoms with Gasteiger partial charge in [0.25, 0.3) is 0 Å². The van der Waals surface area contributed by atoms with Crippen molar-refractivity contribution < 1.29 is 4.39 Å². The van der Waals surface area contributed by atoms with Crippen molar-refractivity contribution >= 4 is 33.9 Å². The molecule has 3 aromatic carbocycles. The number of fused-ring (bicyclic) bond motifs is 1. The Morgan fingerprint density at radius 1 is 1.10 bits per heavy atom. The van der Waals surface area contributed by atoms with Crippen LogP contribution in [0.15, 0.2) is 84.8 Å². The summed E-state index contributed by atoms with van der Waals surface area (Å²) in [6.45, 7) is 2.11. The summed E-state index contributed by atoms with van der Waals surface area (Å²) in [5, 5.41) is 20.4. The number of benzene rings is 3. The van der Waals surface area contributed by atoms with Crippen LogP contribution in [0.2, 0.25) is 5.02 Å². The Morgan fingerprint density at radius 2 is 1.88 bits per heavy atom. The van der Waals surface area contributed by atoms with Gasteiger partial charge in [0.05, 0.1) is 39.6 Å². The van der Waals surface area contributed by atoms with E-state index in [-0.39, 0.29) is 17.9 Å². The Kier molecular flexibility index (Phi) is 7.16. The van der Waals surface area contributed by atoms with E-state index in [9.17, 15) is 9.65 Å². The Hall–Kier alpha value is -4.32. The summed E-state index contributed by atoms with van der Waals surface area (Å²) in [7, 11) is 0. The number of nitrogens with one attached hydrogen (secondary N) is 4. The van der Waals surface area contributed by atoms with Crippen molar-refractivity contribution in [2.45, 2.75) is 44.3 Å². The molecule has 2 heterocycles. The number of halogens is 2. The van der Waals surface area contributed by atoms with E-state index in [1.54, 1.807) is 18.3 Å². The van der Waals surface area contributed by atoms with E-state index < -0.39 is 0 Å². The summed E-state index contributed by atoms with van der Waals surface area (Å²) in [5.41, 5.74) is 11.9. The van der Waals surface area contributed by atoms with Crippen molar-refractivity contribution in [2.24, 2.45) is 0 Å². The smallest absolute Gasteiger partial charge is 0.123 e. The molecule has 7 nitrogen and oxygen atoms in total. The molecule has 2 aliphatic rings. The summed E-state index contributed by atoms with van der Waals surface area (Å²) in [6, 6.07) is 22.8. The average molecular weight is 554 g/mol. The molecule has 1 unspecified atom stereocenters. The predicted octanol–water partition coefficient (Wildman–Crippen LogP) is 6.94. The number of hydrogen-bond donors (Lipinski definition) is 4. The maximum atomic E-state index is 13.8. The van der Waals surface area contributed by atoms with Crippen LogP contribution < -0.4 is 21.6 Å². The van der Waals surface area contributed by atoms with Crippen molar-refractivity contribution in [3.05, 3.63) is 112 Å². The van der Waals surface area contributed by atoms with Gasteiger partial charge < -0.3 is 16.1 Å². The second kappa shape index (κ2) is 11.0. The zero-order valence-corrected chi connectivity index (χ0v) is 22.7. The first-order valence-electron chi connectivity index (χ1n) is 13.4. The highest BCUT2D eigenvalue weighted by atomic mass is 35.5. The molecule has 1 aromatic heterocycles. The topological polar surface area (TPSA) is 88.0 Å². The van der Waals surface area contributed by atoms with Crippen LogP contribution in [0.3, 0.4) is 0 Å². The van der Waals surface area contributed by atoms with Gasteiger partial charge in [-0.3, -0.25) is 9.99 Å². The molecule has 202 valence electrons. The number of hydrazine groups is 2. The summed E-state index contributed by atoms with van der Waals surface area (Å²) in [5.74, 6) is -0.294. The lowest BCUT2D eigenvalue weighted by atomic mass is 10.0. The fraction of sp³-hybridized carbons (Fsp3) is 0.226. The number of pyridine rings is 1. The number of nitriles is 1. The maximum Gasteiger partial charge on any atom is 0.123 e. The van der Waals surface area contributed by atoms with Gasteiger partial charge in [0.2, 0.25) is 0 Å². The molecule has 1 fully saturated rings. The van der Waals surface area contributed by atoms with Crippen LogP contribution in [-0.2, 0) is 0 Å². The average Bonchev–Trinajstić information content (AvgIpc) is 3.72. The standard InChI is InChI=1S/C31H29ClFN7/c1-2-27(19-6-4-3-5-7-19)37-29-21(16-34)17-35-31-25(29)14-23(15-26(31)32)36-30(20-8-10-22(33)11-9-20)28-18-40(39-38-28)24-12-13-24/h3-11,14-15,17-18,24,27,30,36,38-39H,2,12-13H2,1H3,(H,35,37)/t27-,30?/m1/s1. The quantitative estimate of drug-likeness (QED) is 0.178. The molecule has 4 N–H and O–H groups in total. The first kappa shape index (κ1) is 25.9. The molecule has 2 atom stereocenters. The molecule has 1 aliphatic heterocycles. The SMILES string of the molecule is CC[C@@H](Nc1c(C#N)cnc2c(Cl)cc(NC(C3=CN(C4CC4)NN3)c3ccc(F)cc3)cc12)c1ccccc1. The monoisotopic (exact) mass is 553 g/mol. The number of rotatable bonds is 9. The van der Waals surface area contributed by atoms with Crippen molar-refractivity contribution in [3.63, 3.8) is 0 Å². The van der Waals surface area contributed by atoms with Gasteiger partial charge in [0.15, 0.2) is 0 Å². The number of hydrogen-bond acceptors (Lipinski definition) is 7. The molecule has 0 bridgehead atoms. The predicted molar refractivity (Wildman–Crippen MR) is 157 cm³/mol. The van der Waals surface area contributed by atoms with Crippen molar-refractivity contribution in [1.29, 1.82) is 5.26 Å². The largest absolute Gasteiger partial charge is 0.377 e. The van der Waals surface area contributed by atoms with E-state index in [0.717, 1.165) is 47.2 Å². The Morgan fingerprint density at radius 3 is 2.58 bits per heavy atom. The molecular formula is C31H29ClFN7. The van der Waals surface area contributed by atoms with Gasteiger partial charge in [-0.05, 0) is 54.7 Å². The second-order valence-corrected chi connectivity index (χ2v) is 10.5. The highest BCUT2D eigenvalue weighted by Crippen LogP contribution is 2.38. The fourth-order valence-corrected chi connectivity index (χ4v) is 5.33. The van der Waals surface area contributed by atoms with Gasteiger partial charge in [-0.1, -0.05) is 61.0 Å². The molecule has 40 heavy (non-hydrogen) atoms. The van der Waals surface area contributed by atoms with Gasteiger partial charge in [0, 0.05) is 29.5 Å². The maximum absolute atomic E-state index is 13.8. The van der Waals surface area contributed by atoms with Gasteiger partial charge in [0.1, 0.15) is 11.9 Å². The zero-order chi connectivity index (χ0) is 27.6. The molecule has 0 amide bonds. The molecular weight excluding hydrogens is 525 g/mol. The van der Waals surface area contributed by atoms with Crippen molar-refractivity contribution in [2.75, 3.05) is 10.6 Å². The van der Waals surface area contributed by atoms with Gasteiger partial charge in [-0.2, -0.15) is 5.26 Å². The van der Waals surface area contributed by atoms with E-state index in [0.29, 0.717) is 27.8 Å². The molecule has 9 heteroatoms. The normalized spacial score (nSPS) is 16.1. The first-order valence-corrected chi connectivity index (χ1v) is 13.8. The zero-order valence-electron chi connectivity index (χ0n) is 22.0. The van der Waals surface area contributed by atoms with Crippen molar-refractivity contribution in [3.8, 4) is 6.07 Å². The number of anilines is 2. The van der Waals surface area contributed by atoms with Crippen LogP contribution in [-0.4, -0.2) is 16.0 Å². The van der Waals surface area contributed by atoms with Crippen LogP contribution in [0, 0.1) is 17.1 Å². The van der Waals surface area contributed by atoms with E-state index in [1.807, 2.05) is 30.3 Å². The van der Waals surface area contributed by atoms with Crippen LogP contribution in [0.1, 0.15) is 55.0 Å². The van der Waals surface area contributed by atoms with Gasteiger partial charge in [-0.15, -0.1) is 5.53 Å². The summed E-state index contributed by atoms with van der Waals surface area (Å²) < 4.78 is 13.8. The van der Waals surface area contributed by atoms with E-state index in [4.69, 9.17) is 11.6 Å². The lowest BCUT2D eigenvalue weighted by Crippen LogP contribution is -2.38. The molecule has 6 rings (SSSR count). The lowest BCUT2D eigenvalue weighted by molar-refractivity contribution is 0.260. The van der Waals surface area contributed by atoms with Crippen molar-refractivity contribution in [1.82, 2.24) is 21.0 Å². The Bertz CT molecular complexity index is 1600. The third kappa shape index (κ3) is 5.26. The number of nitrogens with zero attached hydrogens (tertiary/aromatic N) is 3. The minimum Gasteiger partial charge on any atom is -0.377 e. The minimum atomic E-state index is -0.318. The summed E-state index contributed by atoms with van der Waals surface area (Å²) >= 11 is 6.79. The molecule has 0 spiro atoms. The fourth-order valence-electron chi connectivity index (χ4n) is 5.07. The lowest BCUT2D eigenvalue weighted by Gasteiger charge is -2.23. The molecule has 4 aromatic rings. The Balaban J connectivity index is 1.41. The highest BCUT2D eigenvalue weighted by molar-refractivity contribution is 6.35. The third-order valence-electron chi connectivity index (χ3n) is 7.35. The molecule has 0 saturated heterocycles. The van der Waals surface area contributed by atoms with Crippen LogP contribution in [0.5, 0.6) is 0 Å². The molecule has 1 aliphatic carbocycles. The summed E-state index contributed by atoms with van der Waals surface area (Å²) in [6.07, 6.45) is 6.71. The van der Waals surface area contributed by atoms with Gasteiger partial charge in [-0.25, -0.2) is 4.39 Å². The minimum absolute atomic E-state index is 0.00594. The van der Waals surface area contributed by atoms with Gasteiger partial charge >= 0.3 is 0 Å². The first-order chi connectivity index (χ1) is 19.5. The highest BCUT2D eigenvalue weighted by Gasteiger charge is 2.32. The third-order valence-corrected chi connectivity index (χ3v) is 7.64. The van der Waals surface area contributed by atoms with Crippen LogP contribution in [0.25, 0.3) is 10.9 Å². The second-order valence-electron chi connectivity index (χ2n) is 10.1. The summed E-state index contributed by atoms with van der Waals surface area (Å²) in [4.78, 5) is 4.52. The van der Waals surface area contributed by atoms with Crippen LogP contribution in [0.4, 0.5) is 15.8 Å². The Labute approximate surface area is 237 Å². The van der Waals surface area contributed by atoms with E-state index >= 15 is 0 Å².